The molecule has 1 aliphatic heterocycles. The summed E-state index contributed by atoms with van der Waals surface area (Å²) in [7, 11) is -9.34. The van der Waals surface area contributed by atoms with Crippen molar-refractivity contribution in [2.24, 2.45) is 11.0 Å². The van der Waals surface area contributed by atoms with E-state index in [0.717, 1.165) is 12.1 Å². The number of hydrazone groups is 1. The Hall–Kier alpha value is -2.81. The third-order valence-corrected chi connectivity index (χ3v) is 5.47. The minimum atomic E-state index is -4.69. The van der Waals surface area contributed by atoms with Crippen molar-refractivity contribution < 1.29 is 35.5 Å². The number of anilines is 2. The van der Waals surface area contributed by atoms with Crippen LogP contribution in [-0.4, -0.2) is 54.9 Å². The molecule has 0 bridgehead atoms. The van der Waals surface area contributed by atoms with E-state index in [0.29, 0.717) is 10.3 Å². The summed E-state index contributed by atoms with van der Waals surface area (Å²) in [5.41, 5.74) is 7.05. The van der Waals surface area contributed by atoms with Crippen molar-refractivity contribution in [3.05, 3.63) is 29.2 Å². The second-order valence-electron chi connectivity index (χ2n) is 6.00. The monoisotopic (exact) mass is 446 g/mol. The number of nitrogens with one attached hydrogen (secondary N) is 1. The van der Waals surface area contributed by atoms with Gasteiger partial charge in [0.2, 0.25) is 0 Å². The zero-order chi connectivity index (χ0) is 22.1. The molecular formula is C15H18N4O8S2. The predicted octanol–water partition coefficient (Wildman–Crippen LogP) is 0.0799. The van der Waals surface area contributed by atoms with Crippen LogP contribution in [0.1, 0.15) is 13.8 Å². The quantitative estimate of drug-likeness (QED) is 0.158. The van der Waals surface area contributed by atoms with Crippen molar-refractivity contribution in [3.63, 3.8) is 0 Å². The van der Waals surface area contributed by atoms with E-state index in [9.17, 15) is 31.0 Å². The predicted molar refractivity (Wildman–Crippen MR) is 103 cm³/mol. The lowest BCUT2D eigenvalue weighted by Crippen LogP contribution is -2.50. The van der Waals surface area contributed by atoms with Gasteiger partial charge in [-0.1, -0.05) is 6.92 Å². The number of carbonyl (C=O) groups excluding carboxylic acids is 2. The zero-order valence-corrected chi connectivity index (χ0v) is 16.9. The zero-order valence-electron chi connectivity index (χ0n) is 15.2. The lowest BCUT2D eigenvalue weighted by molar-refractivity contribution is -0.139. The number of likely N-dealkylation sites (tertiary alicyclic amines) is 1. The molecule has 0 aliphatic carbocycles. The maximum absolute atomic E-state index is 12.6. The molecule has 2 rings (SSSR count). The van der Waals surface area contributed by atoms with E-state index in [-0.39, 0.29) is 23.6 Å². The second-order valence-corrected chi connectivity index (χ2v) is 8.66. The molecule has 1 aromatic rings. The van der Waals surface area contributed by atoms with Crippen LogP contribution >= 0.6 is 0 Å². The number of nitrogen functional groups attached to an aromatic ring is 1. The summed E-state index contributed by atoms with van der Waals surface area (Å²) in [5.74, 6) is -2.91. The number of hydrogen-bond donors (Lipinski definition) is 4. The Bertz CT molecular complexity index is 1140. The molecule has 0 aromatic heterocycles. The molecule has 29 heavy (non-hydrogen) atoms. The van der Waals surface area contributed by atoms with Crippen LogP contribution in [0.25, 0.3) is 0 Å². The van der Waals surface area contributed by atoms with Crippen LogP contribution < -0.4 is 11.2 Å². The van der Waals surface area contributed by atoms with Gasteiger partial charge in [0.1, 0.15) is 10.6 Å². The van der Waals surface area contributed by atoms with E-state index in [1.165, 1.54) is 19.9 Å². The number of likely N-dealkylation sites (N-methyl/N-ethyl adjacent to an activating group) is 1. The van der Waals surface area contributed by atoms with Crippen molar-refractivity contribution in [1.82, 2.24) is 4.90 Å². The summed E-state index contributed by atoms with van der Waals surface area (Å²) in [6.45, 7) is 2.67. The number of imide groups is 1. The number of nitrogens with zero attached hydrogens (tertiary/aromatic N) is 2. The minimum absolute atomic E-state index is 0.110. The molecule has 14 heteroatoms. The fourth-order valence-electron chi connectivity index (χ4n) is 2.63. The maximum atomic E-state index is 12.6. The van der Waals surface area contributed by atoms with E-state index in [1.54, 1.807) is 0 Å². The van der Waals surface area contributed by atoms with Gasteiger partial charge in [-0.2, -0.15) is 21.9 Å². The first-order chi connectivity index (χ1) is 13.3. The van der Waals surface area contributed by atoms with E-state index < -0.39 is 48.4 Å². The van der Waals surface area contributed by atoms with Crippen LogP contribution in [0, 0.1) is 5.92 Å². The highest BCUT2D eigenvalue weighted by Crippen LogP contribution is 2.27. The molecular weight excluding hydrogens is 428 g/mol. The highest BCUT2D eigenvalue weighted by molar-refractivity contribution is 7.88. The molecule has 0 radical (unpaired) electrons. The van der Waals surface area contributed by atoms with E-state index in [4.69, 9.17) is 10.3 Å². The summed E-state index contributed by atoms with van der Waals surface area (Å²) >= 11 is 0. The number of nitrogens with two attached hydrogens (primary N) is 1. The molecule has 12 nitrogen and oxygen atoms in total. The highest BCUT2D eigenvalue weighted by atomic mass is 32.2. The van der Waals surface area contributed by atoms with Gasteiger partial charge in [0, 0.05) is 23.7 Å². The van der Waals surface area contributed by atoms with E-state index in [2.05, 4.69) is 10.5 Å². The average molecular weight is 446 g/mol. The Kier molecular flexibility index (Phi) is 6.13. The van der Waals surface area contributed by atoms with Crippen molar-refractivity contribution in [1.29, 1.82) is 0 Å². The molecule has 5 N–H and O–H groups in total. The maximum Gasteiger partial charge on any atom is 0.296 e. The number of piperidine rings is 1. The van der Waals surface area contributed by atoms with Gasteiger partial charge in [0.05, 0.1) is 11.1 Å². The SMILES string of the molecule is CCN1C(=O)C(=CS(=O)(=O)O)C(C)C(=NNc2cc(N)ccc2S(=O)(=O)O)C1=O. The van der Waals surface area contributed by atoms with Crippen molar-refractivity contribution in [2.45, 2.75) is 18.7 Å². The van der Waals surface area contributed by atoms with Gasteiger partial charge in [0.15, 0.2) is 0 Å². The van der Waals surface area contributed by atoms with E-state index in [1.807, 2.05) is 0 Å². The lowest BCUT2D eigenvalue weighted by Gasteiger charge is -2.30. The van der Waals surface area contributed by atoms with E-state index >= 15 is 0 Å². The van der Waals surface area contributed by atoms with Crippen LogP contribution in [0.5, 0.6) is 0 Å². The molecule has 1 aromatic carbocycles. The molecule has 2 amide bonds. The lowest BCUT2D eigenvalue weighted by atomic mass is 9.91. The van der Waals surface area contributed by atoms with Gasteiger partial charge in [-0.05, 0) is 25.1 Å². The summed E-state index contributed by atoms with van der Waals surface area (Å²) in [4.78, 5) is 25.1. The smallest absolute Gasteiger partial charge is 0.296 e. The Morgan fingerprint density at radius 1 is 1.21 bits per heavy atom. The molecule has 1 fully saturated rings. The first kappa shape index (κ1) is 22.5. The van der Waals surface area contributed by atoms with Crippen LogP contribution in [-0.2, 0) is 29.8 Å². The van der Waals surface area contributed by atoms with Crippen molar-refractivity contribution in [3.8, 4) is 0 Å². The third-order valence-electron chi connectivity index (χ3n) is 4.00. The summed E-state index contributed by atoms with van der Waals surface area (Å²) < 4.78 is 63.8. The Morgan fingerprint density at radius 2 is 1.83 bits per heavy atom. The number of carbonyl (C=O) groups is 2. The molecule has 1 atom stereocenters. The van der Waals surface area contributed by atoms with Gasteiger partial charge in [-0.15, -0.1) is 0 Å². The number of benzene rings is 1. The third kappa shape index (κ3) is 4.97. The molecule has 0 spiro atoms. The van der Waals surface area contributed by atoms with Crippen LogP contribution in [0.4, 0.5) is 11.4 Å². The summed E-state index contributed by atoms with van der Waals surface area (Å²) in [6, 6.07) is 3.38. The highest BCUT2D eigenvalue weighted by Gasteiger charge is 2.40. The molecule has 1 aliphatic rings. The second kappa shape index (κ2) is 7.90. The largest absolute Gasteiger partial charge is 0.399 e. The number of amides is 2. The van der Waals surface area contributed by atoms with Crippen LogP contribution in [0.3, 0.4) is 0 Å². The minimum Gasteiger partial charge on any atom is -0.399 e. The molecule has 1 heterocycles. The van der Waals surface area contributed by atoms with Crippen LogP contribution in [0.2, 0.25) is 0 Å². The van der Waals surface area contributed by atoms with Gasteiger partial charge < -0.3 is 5.73 Å². The van der Waals surface area contributed by atoms with Crippen LogP contribution in [0.15, 0.2) is 39.2 Å². The number of rotatable bonds is 5. The normalized spacial score (nSPS) is 21.1. The molecule has 0 saturated carbocycles. The van der Waals surface area contributed by atoms with Crippen molar-refractivity contribution in [2.75, 3.05) is 17.7 Å². The Labute approximate surface area is 166 Å². The van der Waals surface area contributed by atoms with Gasteiger partial charge in [-0.25, -0.2) is 0 Å². The first-order valence-electron chi connectivity index (χ1n) is 8.02. The van der Waals surface area contributed by atoms with Gasteiger partial charge in [-0.3, -0.25) is 29.0 Å². The standard InChI is InChI=1S/C15H18N4O8S2/c1-3-19-14(20)10(7-28(22,23)24)8(2)13(15(19)21)18-17-11-6-9(16)4-5-12(11)29(25,26)27/h4-8,17H,3,16H2,1-2H3,(H,22,23,24)(H,25,26,27). The topological polar surface area (TPSA) is 197 Å². The molecule has 1 saturated heterocycles. The fourth-order valence-corrected chi connectivity index (χ4v) is 3.88. The summed E-state index contributed by atoms with van der Waals surface area (Å²) in [6.07, 6.45) is 0. The van der Waals surface area contributed by atoms with Gasteiger partial charge in [0.25, 0.3) is 32.1 Å². The molecule has 1 unspecified atom stereocenters. The van der Waals surface area contributed by atoms with Crippen molar-refractivity contribution >= 4 is 49.1 Å². The Morgan fingerprint density at radius 3 is 2.34 bits per heavy atom. The fraction of sp³-hybridized carbons (Fsp3) is 0.267. The molecule has 158 valence electrons. The Balaban J connectivity index is 2.57. The van der Waals surface area contributed by atoms with Gasteiger partial charge >= 0.3 is 0 Å². The average Bonchev–Trinajstić information content (AvgIpc) is 2.57. The first-order valence-corrected chi connectivity index (χ1v) is 11.0. The summed E-state index contributed by atoms with van der Waals surface area (Å²) in [5, 5.41) is 4.15. The number of hydrogen-bond acceptors (Lipinski definition) is 9.